The fraction of sp³-hybridized carbons (Fsp3) is 0.300. The fourth-order valence-electron chi connectivity index (χ4n) is 3.08. The van der Waals surface area contributed by atoms with Gasteiger partial charge in [0.2, 0.25) is 0 Å². The van der Waals surface area contributed by atoms with Crippen molar-refractivity contribution in [2.24, 2.45) is 5.92 Å². The van der Waals surface area contributed by atoms with Gasteiger partial charge in [0.05, 0.1) is 35.0 Å². The van der Waals surface area contributed by atoms with Crippen molar-refractivity contribution < 1.29 is 9.59 Å². The van der Waals surface area contributed by atoms with Gasteiger partial charge < -0.3 is 16.0 Å². The third-order valence-corrected chi connectivity index (χ3v) is 4.53. The number of aromatic amines is 1. The molecule has 3 rings (SSSR count). The summed E-state index contributed by atoms with van der Waals surface area (Å²) in [5.41, 5.74) is 7.66. The monoisotopic (exact) mass is 380 g/mol. The SMILES string of the molecule is CC(C)CN(C(=O)C(=O)Nc1cnc(N)c2cn[nH]c12)[C@@H](C)c1ccccc1. The van der Waals surface area contributed by atoms with Crippen molar-refractivity contribution in [2.45, 2.75) is 26.8 Å². The highest BCUT2D eigenvalue weighted by Gasteiger charge is 2.28. The van der Waals surface area contributed by atoms with Crippen molar-refractivity contribution in [3.8, 4) is 0 Å². The van der Waals surface area contributed by atoms with E-state index in [1.807, 2.05) is 51.1 Å². The van der Waals surface area contributed by atoms with Crippen molar-refractivity contribution >= 4 is 34.2 Å². The quantitative estimate of drug-likeness (QED) is 0.588. The molecule has 2 aromatic heterocycles. The molecule has 2 amide bonds. The number of hydrogen-bond donors (Lipinski definition) is 3. The predicted molar refractivity (Wildman–Crippen MR) is 108 cm³/mol. The lowest BCUT2D eigenvalue weighted by Gasteiger charge is -2.30. The molecule has 0 saturated carbocycles. The molecule has 1 atom stereocenters. The number of pyridine rings is 1. The maximum Gasteiger partial charge on any atom is 0.314 e. The van der Waals surface area contributed by atoms with Gasteiger partial charge >= 0.3 is 11.8 Å². The molecule has 0 aliphatic rings. The summed E-state index contributed by atoms with van der Waals surface area (Å²) >= 11 is 0. The Bertz CT molecular complexity index is 983. The van der Waals surface area contributed by atoms with Gasteiger partial charge in [-0.05, 0) is 18.4 Å². The van der Waals surface area contributed by atoms with Gasteiger partial charge in [0, 0.05) is 6.54 Å². The standard InChI is InChI=1S/C20H24N6O2/c1-12(2)11-26(13(3)14-7-5-4-6-8-14)20(28)19(27)24-16-10-22-18(21)15-9-23-25-17(15)16/h4-10,12-13H,11H2,1-3H3,(H2,21,22)(H,23,25)(H,24,27)/t13-/m0/s1. The van der Waals surface area contributed by atoms with Gasteiger partial charge in [0.1, 0.15) is 5.82 Å². The van der Waals surface area contributed by atoms with Crippen LogP contribution in [-0.2, 0) is 9.59 Å². The van der Waals surface area contributed by atoms with E-state index in [1.165, 1.54) is 12.4 Å². The second kappa shape index (κ2) is 8.08. The van der Waals surface area contributed by atoms with E-state index in [9.17, 15) is 9.59 Å². The van der Waals surface area contributed by atoms with Crippen LogP contribution in [0, 0.1) is 5.92 Å². The molecule has 0 bridgehead atoms. The number of anilines is 2. The highest BCUT2D eigenvalue weighted by atomic mass is 16.2. The fourth-order valence-corrected chi connectivity index (χ4v) is 3.08. The van der Waals surface area contributed by atoms with Gasteiger partial charge in [-0.1, -0.05) is 44.2 Å². The van der Waals surface area contributed by atoms with E-state index in [2.05, 4.69) is 20.5 Å². The van der Waals surface area contributed by atoms with Crippen LogP contribution >= 0.6 is 0 Å². The van der Waals surface area contributed by atoms with Gasteiger partial charge in [0.15, 0.2) is 0 Å². The van der Waals surface area contributed by atoms with E-state index in [-0.39, 0.29) is 12.0 Å². The Balaban J connectivity index is 1.84. The summed E-state index contributed by atoms with van der Waals surface area (Å²) in [4.78, 5) is 31.3. The number of hydrogen-bond acceptors (Lipinski definition) is 5. The lowest BCUT2D eigenvalue weighted by atomic mass is 10.0. The van der Waals surface area contributed by atoms with Crippen LogP contribution in [-0.4, -0.2) is 38.4 Å². The minimum Gasteiger partial charge on any atom is -0.383 e. The molecule has 2 heterocycles. The van der Waals surface area contributed by atoms with Crippen LogP contribution in [0.1, 0.15) is 32.4 Å². The summed E-state index contributed by atoms with van der Waals surface area (Å²) in [6.45, 7) is 6.39. The number of fused-ring (bicyclic) bond motifs is 1. The number of H-pyrrole nitrogens is 1. The van der Waals surface area contributed by atoms with Crippen LogP contribution in [0.4, 0.5) is 11.5 Å². The average molecular weight is 380 g/mol. The van der Waals surface area contributed by atoms with Crippen LogP contribution in [0.15, 0.2) is 42.7 Å². The number of nitrogens with two attached hydrogens (primary N) is 1. The molecule has 8 nitrogen and oxygen atoms in total. The van der Waals surface area contributed by atoms with Crippen molar-refractivity contribution in [1.82, 2.24) is 20.1 Å². The molecule has 3 aromatic rings. The zero-order chi connectivity index (χ0) is 20.3. The number of nitrogens with one attached hydrogen (secondary N) is 2. The van der Waals surface area contributed by atoms with E-state index >= 15 is 0 Å². The van der Waals surface area contributed by atoms with E-state index in [1.54, 1.807) is 4.90 Å². The second-order valence-electron chi connectivity index (χ2n) is 7.11. The number of nitrogen functional groups attached to an aromatic ring is 1. The van der Waals surface area contributed by atoms with Crippen LogP contribution < -0.4 is 11.1 Å². The molecular formula is C20H24N6O2. The van der Waals surface area contributed by atoms with Gasteiger partial charge in [0.25, 0.3) is 0 Å². The van der Waals surface area contributed by atoms with E-state index < -0.39 is 11.8 Å². The summed E-state index contributed by atoms with van der Waals surface area (Å²) in [6, 6.07) is 9.40. The van der Waals surface area contributed by atoms with Crippen LogP contribution in [0.3, 0.4) is 0 Å². The smallest absolute Gasteiger partial charge is 0.314 e. The number of rotatable bonds is 5. The number of nitrogens with zero attached hydrogens (tertiary/aromatic N) is 3. The van der Waals surface area contributed by atoms with Crippen molar-refractivity contribution in [3.05, 3.63) is 48.3 Å². The van der Waals surface area contributed by atoms with Gasteiger partial charge in [-0.2, -0.15) is 5.10 Å². The second-order valence-corrected chi connectivity index (χ2v) is 7.11. The van der Waals surface area contributed by atoms with E-state index in [0.29, 0.717) is 29.0 Å². The third kappa shape index (κ3) is 3.95. The first-order valence-electron chi connectivity index (χ1n) is 9.13. The van der Waals surface area contributed by atoms with Crippen molar-refractivity contribution in [2.75, 3.05) is 17.6 Å². The first-order chi connectivity index (χ1) is 13.4. The maximum absolute atomic E-state index is 13.0. The van der Waals surface area contributed by atoms with Crippen LogP contribution in [0.25, 0.3) is 10.9 Å². The molecule has 8 heteroatoms. The summed E-state index contributed by atoms with van der Waals surface area (Å²) < 4.78 is 0. The molecule has 0 unspecified atom stereocenters. The van der Waals surface area contributed by atoms with Crippen LogP contribution in [0.2, 0.25) is 0 Å². The predicted octanol–water partition coefficient (Wildman–Crippen LogP) is 2.72. The third-order valence-electron chi connectivity index (χ3n) is 4.53. The maximum atomic E-state index is 13.0. The Morgan fingerprint density at radius 1 is 1.18 bits per heavy atom. The number of amides is 2. The molecule has 0 spiro atoms. The lowest BCUT2D eigenvalue weighted by Crippen LogP contribution is -2.43. The van der Waals surface area contributed by atoms with E-state index in [4.69, 9.17) is 5.73 Å². The van der Waals surface area contributed by atoms with E-state index in [0.717, 1.165) is 5.56 Å². The summed E-state index contributed by atoms with van der Waals surface area (Å²) in [5, 5.41) is 9.92. The minimum absolute atomic E-state index is 0.209. The molecule has 0 aliphatic heterocycles. The first-order valence-corrected chi connectivity index (χ1v) is 9.13. The Kier molecular flexibility index (Phi) is 5.58. The number of benzene rings is 1. The summed E-state index contributed by atoms with van der Waals surface area (Å²) in [6.07, 6.45) is 2.94. The summed E-state index contributed by atoms with van der Waals surface area (Å²) in [5.74, 6) is -0.826. The van der Waals surface area contributed by atoms with Crippen molar-refractivity contribution in [1.29, 1.82) is 0 Å². The van der Waals surface area contributed by atoms with Gasteiger partial charge in [-0.15, -0.1) is 0 Å². The normalized spacial score (nSPS) is 12.1. The first kappa shape index (κ1) is 19.3. The Morgan fingerprint density at radius 3 is 2.57 bits per heavy atom. The Morgan fingerprint density at radius 2 is 1.89 bits per heavy atom. The lowest BCUT2D eigenvalue weighted by molar-refractivity contribution is -0.145. The molecule has 0 radical (unpaired) electrons. The zero-order valence-electron chi connectivity index (χ0n) is 16.1. The average Bonchev–Trinajstić information content (AvgIpc) is 3.19. The highest BCUT2D eigenvalue weighted by molar-refractivity contribution is 6.40. The van der Waals surface area contributed by atoms with Gasteiger partial charge in [-0.25, -0.2) is 4.98 Å². The minimum atomic E-state index is -0.731. The molecular weight excluding hydrogens is 356 g/mol. The van der Waals surface area contributed by atoms with Gasteiger partial charge in [-0.3, -0.25) is 14.7 Å². The molecule has 0 saturated heterocycles. The molecule has 146 valence electrons. The largest absolute Gasteiger partial charge is 0.383 e. The summed E-state index contributed by atoms with van der Waals surface area (Å²) in [7, 11) is 0. The highest BCUT2D eigenvalue weighted by Crippen LogP contribution is 2.25. The topological polar surface area (TPSA) is 117 Å². The Hall–Kier alpha value is -3.42. The molecule has 1 aromatic carbocycles. The Labute approximate surface area is 163 Å². The number of carbonyl (C=O) groups is 2. The van der Waals surface area contributed by atoms with Crippen molar-refractivity contribution in [3.63, 3.8) is 0 Å². The number of aromatic nitrogens is 3. The molecule has 0 fully saturated rings. The molecule has 4 N–H and O–H groups in total. The number of carbonyl (C=O) groups excluding carboxylic acids is 2. The molecule has 0 aliphatic carbocycles. The van der Waals surface area contributed by atoms with Crippen LogP contribution in [0.5, 0.6) is 0 Å². The zero-order valence-corrected chi connectivity index (χ0v) is 16.1. The molecule has 28 heavy (non-hydrogen) atoms.